The summed E-state index contributed by atoms with van der Waals surface area (Å²) >= 11 is 8.21. The highest BCUT2D eigenvalue weighted by atomic mass is 35.5. The van der Waals surface area contributed by atoms with Gasteiger partial charge in [0.2, 0.25) is 0 Å². The predicted molar refractivity (Wildman–Crippen MR) is 118 cm³/mol. The lowest BCUT2D eigenvalue weighted by atomic mass is 9.57. The Balaban J connectivity index is 1.47. The average Bonchev–Trinajstić information content (AvgIpc) is 2.61. The van der Waals surface area contributed by atoms with Gasteiger partial charge >= 0.3 is 0 Å². The third-order valence-electron chi connectivity index (χ3n) is 6.44. The van der Waals surface area contributed by atoms with Gasteiger partial charge in [0.1, 0.15) is 0 Å². The molecule has 2 aromatic carbocycles. The number of rotatable bonds is 4. The highest BCUT2D eigenvalue weighted by Crippen LogP contribution is 2.51. The van der Waals surface area contributed by atoms with Gasteiger partial charge in [0.25, 0.3) is 0 Å². The van der Waals surface area contributed by atoms with E-state index in [0.717, 1.165) is 39.0 Å². The van der Waals surface area contributed by atoms with Gasteiger partial charge in [0, 0.05) is 10.6 Å². The second-order valence-corrected chi connectivity index (χ2v) is 10.3. The molecule has 3 N–H and O–H groups in total. The van der Waals surface area contributed by atoms with E-state index in [9.17, 15) is 0 Å². The Morgan fingerprint density at radius 3 is 2.33 bits per heavy atom. The lowest BCUT2D eigenvalue weighted by molar-refractivity contribution is 0.0899. The van der Waals surface area contributed by atoms with Gasteiger partial charge in [0.15, 0.2) is 0 Å². The molecule has 2 saturated carbocycles. The standard InChI is InChI=1S/C23H29ClN2S/c1-15-9-16-11-17(10-15)14-23(2,13-16)18-3-8-22(21(24)12-18)26-27-20-6-4-19(25)5-7-20/h3-8,12,15-17,26H,9-11,13-14,25H2,1-2H3. The van der Waals surface area contributed by atoms with Crippen molar-refractivity contribution in [2.75, 3.05) is 10.5 Å². The molecule has 2 aliphatic carbocycles. The Morgan fingerprint density at radius 2 is 1.70 bits per heavy atom. The molecule has 0 heterocycles. The van der Waals surface area contributed by atoms with E-state index in [1.807, 2.05) is 24.3 Å². The van der Waals surface area contributed by atoms with Gasteiger partial charge in [-0.2, -0.15) is 0 Å². The van der Waals surface area contributed by atoms with Crippen LogP contribution in [0.25, 0.3) is 0 Å². The first-order chi connectivity index (χ1) is 12.9. The minimum absolute atomic E-state index is 0.264. The highest BCUT2D eigenvalue weighted by molar-refractivity contribution is 8.00. The van der Waals surface area contributed by atoms with E-state index in [2.05, 4.69) is 36.8 Å². The van der Waals surface area contributed by atoms with Crippen molar-refractivity contribution in [2.24, 2.45) is 17.8 Å². The number of benzene rings is 2. The van der Waals surface area contributed by atoms with Crippen molar-refractivity contribution >= 4 is 34.9 Å². The Hall–Kier alpha value is -1.32. The van der Waals surface area contributed by atoms with Crippen LogP contribution in [-0.4, -0.2) is 0 Å². The maximum Gasteiger partial charge on any atom is 0.0648 e. The third kappa shape index (κ3) is 4.25. The summed E-state index contributed by atoms with van der Waals surface area (Å²) in [5.74, 6) is 2.67. The fraction of sp³-hybridized carbons (Fsp3) is 0.478. The van der Waals surface area contributed by atoms with Crippen LogP contribution < -0.4 is 10.5 Å². The molecule has 4 heteroatoms. The maximum absolute atomic E-state index is 6.65. The van der Waals surface area contributed by atoms with Gasteiger partial charge in [-0.1, -0.05) is 31.5 Å². The quantitative estimate of drug-likeness (QED) is 0.422. The molecule has 2 aromatic rings. The van der Waals surface area contributed by atoms with Crippen molar-refractivity contribution in [2.45, 2.75) is 56.3 Å². The molecule has 2 unspecified atom stereocenters. The Labute approximate surface area is 172 Å². The lowest BCUT2D eigenvalue weighted by Crippen LogP contribution is -2.38. The van der Waals surface area contributed by atoms with E-state index < -0.39 is 0 Å². The van der Waals surface area contributed by atoms with E-state index in [4.69, 9.17) is 17.3 Å². The Morgan fingerprint density at radius 1 is 1.04 bits per heavy atom. The average molecular weight is 401 g/mol. The molecule has 0 saturated heterocycles. The number of nitrogen functional groups attached to an aromatic ring is 1. The topological polar surface area (TPSA) is 38.0 Å². The summed E-state index contributed by atoms with van der Waals surface area (Å²) in [5, 5.41) is 0.806. The largest absolute Gasteiger partial charge is 0.399 e. The first-order valence-corrected chi connectivity index (χ1v) is 11.2. The van der Waals surface area contributed by atoms with Gasteiger partial charge in [0.05, 0.1) is 10.7 Å². The third-order valence-corrected chi connectivity index (χ3v) is 7.58. The summed E-state index contributed by atoms with van der Waals surface area (Å²) < 4.78 is 3.38. The maximum atomic E-state index is 6.65. The fourth-order valence-corrected chi connectivity index (χ4v) is 6.41. The number of nitrogens with one attached hydrogen (secondary N) is 1. The Kier molecular flexibility index (Phi) is 5.35. The molecule has 2 fully saturated rings. The minimum Gasteiger partial charge on any atom is -0.399 e. The van der Waals surface area contributed by atoms with Gasteiger partial charge in [-0.05, 0) is 109 Å². The number of anilines is 2. The smallest absolute Gasteiger partial charge is 0.0648 e. The number of halogens is 1. The van der Waals surface area contributed by atoms with Crippen LogP contribution in [0.3, 0.4) is 0 Å². The normalized spacial score (nSPS) is 30.1. The van der Waals surface area contributed by atoms with Crippen LogP contribution in [0, 0.1) is 17.8 Å². The van der Waals surface area contributed by atoms with Crippen molar-refractivity contribution in [3.8, 4) is 0 Å². The zero-order valence-corrected chi connectivity index (χ0v) is 17.7. The zero-order chi connectivity index (χ0) is 19.0. The minimum atomic E-state index is 0.264. The molecule has 0 spiro atoms. The van der Waals surface area contributed by atoms with Gasteiger partial charge in [-0.25, -0.2) is 0 Å². The molecular formula is C23H29ClN2S. The van der Waals surface area contributed by atoms with Crippen molar-refractivity contribution in [1.29, 1.82) is 0 Å². The Bertz CT molecular complexity index is 787. The van der Waals surface area contributed by atoms with Crippen molar-refractivity contribution < 1.29 is 0 Å². The van der Waals surface area contributed by atoms with Gasteiger partial charge in [-0.15, -0.1) is 0 Å². The van der Waals surface area contributed by atoms with Gasteiger partial charge in [-0.3, -0.25) is 0 Å². The molecule has 2 bridgehead atoms. The van der Waals surface area contributed by atoms with Gasteiger partial charge < -0.3 is 10.5 Å². The van der Waals surface area contributed by atoms with Crippen LogP contribution in [0.2, 0.25) is 5.02 Å². The number of hydrogen-bond acceptors (Lipinski definition) is 3. The fourth-order valence-electron chi connectivity index (χ4n) is 5.45. The molecule has 0 aromatic heterocycles. The SMILES string of the molecule is CC1CC2CC(C1)CC(C)(c1ccc(NSc3ccc(N)cc3)c(Cl)c1)C2. The van der Waals surface area contributed by atoms with E-state index in [0.29, 0.717) is 0 Å². The summed E-state index contributed by atoms with van der Waals surface area (Å²) in [4.78, 5) is 1.12. The first-order valence-electron chi connectivity index (χ1n) is 10.00. The second-order valence-electron chi connectivity index (χ2n) is 8.98. The van der Waals surface area contributed by atoms with Crippen LogP contribution in [0.1, 0.15) is 51.5 Å². The summed E-state index contributed by atoms with van der Waals surface area (Å²) in [7, 11) is 0. The summed E-state index contributed by atoms with van der Waals surface area (Å²) in [6, 6.07) is 14.5. The van der Waals surface area contributed by atoms with E-state index in [1.165, 1.54) is 37.7 Å². The van der Waals surface area contributed by atoms with Crippen LogP contribution in [0.5, 0.6) is 0 Å². The van der Waals surface area contributed by atoms with E-state index in [1.54, 1.807) is 11.9 Å². The first kappa shape index (κ1) is 19.0. The molecule has 2 atom stereocenters. The van der Waals surface area contributed by atoms with Crippen LogP contribution >= 0.6 is 23.5 Å². The summed E-state index contributed by atoms with van der Waals surface area (Å²) in [6.07, 6.45) is 6.84. The van der Waals surface area contributed by atoms with Crippen molar-refractivity contribution in [3.05, 3.63) is 53.1 Å². The molecule has 2 aliphatic rings. The molecular weight excluding hydrogens is 372 g/mol. The van der Waals surface area contributed by atoms with Crippen LogP contribution in [0.15, 0.2) is 47.4 Å². The molecule has 4 rings (SSSR count). The monoisotopic (exact) mass is 400 g/mol. The van der Waals surface area contributed by atoms with E-state index in [-0.39, 0.29) is 5.41 Å². The predicted octanol–water partition coefficient (Wildman–Crippen LogP) is 7.15. The number of fused-ring (bicyclic) bond motifs is 2. The van der Waals surface area contributed by atoms with Crippen molar-refractivity contribution in [1.82, 2.24) is 0 Å². The summed E-state index contributed by atoms with van der Waals surface area (Å²) in [6.45, 7) is 4.88. The highest BCUT2D eigenvalue weighted by Gasteiger charge is 2.41. The lowest BCUT2D eigenvalue weighted by Gasteiger charge is -2.47. The molecule has 27 heavy (non-hydrogen) atoms. The molecule has 0 radical (unpaired) electrons. The van der Waals surface area contributed by atoms with E-state index >= 15 is 0 Å². The molecule has 2 nitrogen and oxygen atoms in total. The number of hydrogen-bond donors (Lipinski definition) is 2. The molecule has 0 amide bonds. The van der Waals surface area contributed by atoms with Crippen molar-refractivity contribution in [3.63, 3.8) is 0 Å². The molecule has 0 aliphatic heterocycles. The van der Waals surface area contributed by atoms with Crippen LogP contribution in [-0.2, 0) is 5.41 Å². The summed E-state index contributed by atoms with van der Waals surface area (Å²) in [5.41, 5.74) is 9.16. The second kappa shape index (κ2) is 7.60. The molecule has 144 valence electrons. The number of nitrogens with two attached hydrogens (primary N) is 1. The zero-order valence-electron chi connectivity index (χ0n) is 16.2. The van der Waals surface area contributed by atoms with Crippen LogP contribution in [0.4, 0.5) is 11.4 Å².